The van der Waals surface area contributed by atoms with Crippen molar-refractivity contribution in [1.29, 1.82) is 0 Å². The fraction of sp³-hybridized carbons (Fsp3) is 0. The predicted octanol–water partition coefficient (Wildman–Crippen LogP) is 13.1. The van der Waals surface area contributed by atoms with Crippen LogP contribution in [0.5, 0.6) is 0 Å². The van der Waals surface area contributed by atoms with Crippen LogP contribution in [0.15, 0.2) is 173 Å². The molecular weight excluding hydrogens is 663 g/mol. The molecule has 0 atom stereocenters. The summed E-state index contributed by atoms with van der Waals surface area (Å²) in [5.41, 5.74) is 13.3. The molecule has 5 heteroatoms. The first-order valence-corrected chi connectivity index (χ1v) is 18.1. The van der Waals surface area contributed by atoms with Crippen molar-refractivity contribution in [1.82, 2.24) is 15.0 Å². The van der Waals surface area contributed by atoms with Crippen molar-refractivity contribution < 1.29 is 8.83 Å². The molecule has 0 saturated carbocycles. The molecule has 0 amide bonds. The minimum absolute atomic E-state index is 0.570. The van der Waals surface area contributed by atoms with Crippen LogP contribution >= 0.6 is 0 Å². The fourth-order valence-electron chi connectivity index (χ4n) is 8.45. The van der Waals surface area contributed by atoms with E-state index in [0.717, 1.165) is 66.1 Å². The number of nitrogens with zero attached hydrogens (tertiary/aromatic N) is 3. The molecule has 0 radical (unpaired) electrons. The Kier molecular flexibility index (Phi) is 5.99. The van der Waals surface area contributed by atoms with Gasteiger partial charge in [0.25, 0.3) is 0 Å². The third-order valence-corrected chi connectivity index (χ3v) is 10.9. The van der Waals surface area contributed by atoms with Gasteiger partial charge in [-0.2, -0.15) is 0 Å². The van der Waals surface area contributed by atoms with Crippen molar-refractivity contribution in [3.63, 3.8) is 0 Å². The lowest BCUT2D eigenvalue weighted by molar-refractivity contribution is 0.668. The summed E-state index contributed by atoms with van der Waals surface area (Å²) in [5.74, 6) is 1.74. The molecule has 0 spiro atoms. The molecule has 3 aromatic heterocycles. The van der Waals surface area contributed by atoms with Gasteiger partial charge in [0.1, 0.15) is 22.3 Å². The van der Waals surface area contributed by atoms with E-state index in [0.29, 0.717) is 17.5 Å². The Morgan fingerprint density at radius 1 is 0.278 bits per heavy atom. The van der Waals surface area contributed by atoms with Gasteiger partial charge in [-0.3, -0.25) is 0 Å². The normalized spacial score (nSPS) is 12.1. The van der Waals surface area contributed by atoms with E-state index in [1.807, 2.05) is 66.7 Å². The van der Waals surface area contributed by atoms with Crippen molar-refractivity contribution in [3.05, 3.63) is 164 Å². The minimum atomic E-state index is 0.570. The molecule has 0 saturated heterocycles. The Morgan fingerprint density at radius 2 is 0.870 bits per heavy atom. The van der Waals surface area contributed by atoms with Crippen LogP contribution in [0.1, 0.15) is 0 Å². The average Bonchev–Trinajstić information content (AvgIpc) is 3.91. The van der Waals surface area contributed by atoms with Crippen LogP contribution < -0.4 is 0 Å². The maximum absolute atomic E-state index is 6.51. The zero-order valence-electron chi connectivity index (χ0n) is 28.7. The van der Waals surface area contributed by atoms with E-state index in [-0.39, 0.29) is 0 Å². The van der Waals surface area contributed by atoms with Crippen LogP contribution in [0.3, 0.4) is 0 Å². The number of rotatable bonds is 4. The van der Waals surface area contributed by atoms with Gasteiger partial charge < -0.3 is 8.83 Å². The summed E-state index contributed by atoms with van der Waals surface area (Å²) >= 11 is 0. The monoisotopic (exact) mass is 689 g/mol. The Hall–Kier alpha value is -7.37. The SMILES string of the molecule is c1ccc(-c2nc(-c3ccc4c(c3)oc3ccccc34)nc(-c3cccc4oc5ccc(-c6ccc7c8c(cccc68)-c6ccccc6-7)cc5c34)n2)cc1. The second kappa shape index (κ2) is 11.1. The third-order valence-electron chi connectivity index (χ3n) is 10.9. The molecule has 0 N–H and O–H groups in total. The molecule has 0 unspecified atom stereocenters. The maximum Gasteiger partial charge on any atom is 0.164 e. The highest BCUT2D eigenvalue weighted by molar-refractivity contribution is 6.19. The molecule has 54 heavy (non-hydrogen) atoms. The summed E-state index contributed by atoms with van der Waals surface area (Å²) in [6.07, 6.45) is 0. The molecule has 11 aromatic rings. The first-order valence-electron chi connectivity index (χ1n) is 18.1. The van der Waals surface area contributed by atoms with Crippen LogP contribution in [0.2, 0.25) is 0 Å². The van der Waals surface area contributed by atoms with Gasteiger partial charge in [0.15, 0.2) is 17.5 Å². The van der Waals surface area contributed by atoms with Gasteiger partial charge in [-0.1, -0.05) is 127 Å². The van der Waals surface area contributed by atoms with E-state index in [1.54, 1.807) is 0 Å². The topological polar surface area (TPSA) is 65.0 Å². The van der Waals surface area contributed by atoms with Crippen molar-refractivity contribution in [2.75, 3.05) is 0 Å². The second-order valence-corrected chi connectivity index (χ2v) is 13.9. The van der Waals surface area contributed by atoms with E-state index < -0.39 is 0 Å². The molecule has 12 rings (SSSR count). The van der Waals surface area contributed by atoms with Gasteiger partial charge in [0, 0.05) is 38.2 Å². The Balaban J connectivity index is 1.06. The molecule has 3 heterocycles. The zero-order chi connectivity index (χ0) is 35.3. The highest BCUT2D eigenvalue weighted by Crippen LogP contribution is 2.49. The summed E-state index contributed by atoms with van der Waals surface area (Å²) in [7, 11) is 0. The van der Waals surface area contributed by atoms with E-state index >= 15 is 0 Å². The summed E-state index contributed by atoms with van der Waals surface area (Å²) in [5, 5.41) is 6.67. The standard InChI is InChI=1S/C49H27N3O2/c1-2-10-28(11-3-1)47-50-48(30-20-22-35-34-14-6-7-18-41(34)54-44(35)27-30)52-49(51-47)39-17-9-19-43-46(39)40-26-29(21-25-42(40)53-43)31-23-24-38-33-13-5-4-12-32(33)37-16-8-15-36(31)45(37)38/h1-27H. The molecule has 0 fully saturated rings. The minimum Gasteiger partial charge on any atom is -0.456 e. The van der Waals surface area contributed by atoms with Gasteiger partial charge >= 0.3 is 0 Å². The lowest BCUT2D eigenvalue weighted by atomic mass is 9.93. The predicted molar refractivity (Wildman–Crippen MR) is 218 cm³/mol. The smallest absolute Gasteiger partial charge is 0.164 e. The average molecular weight is 690 g/mol. The Labute approximate surface area is 308 Å². The van der Waals surface area contributed by atoms with Crippen LogP contribution in [0, 0.1) is 0 Å². The van der Waals surface area contributed by atoms with Gasteiger partial charge in [-0.05, 0) is 80.6 Å². The molecule has 8 aromatic carbocycles. The van der Waals surface area contributed by atoms with E-state index in [2.05, 4.69) is 97.1 Å². The highest BCUT2D eigenvalue weighted by atomic mass is 16.3. The van der Waals surface area contributed by atoms with Crippen molar-refractivity contribution in [3.8, 4) is 67.5 Å². The van der Waals surface area contributed by atoms with Gasteiger partial charge in [0.2, 0.25) is 0 Å². The van der Waals surface area contributed by atoms with Gasteiger partial charge in [0.05, 0.1) is 0 Å². The zero-order valence-corrected chi connectivity index (χ0v) is 28.7. The Bertz CT molecular complexity index is 3310. The number of benzene rings is 8. The highest BCUT2D eigenvalue weighted by Gasteiger charge is 2.23. The first-order chi connectivity index (χ1) is 26.7. The number of hydrogen-bond donors (Lipinski definition) is 0. The van der Waals surface area contributed by atoms with Crippen LogP contribution in [0.4, 0.5) is 0 Å². The van der Waals surface area contributed by atoms with E-state index in [1.165, 1.54) is 38.6 Å². The van der Waals surface area contributed by atoms with Crippen molar-refractivity contribution in [2.24, 2.45) is 0 Å². The quantitative estimate of drug-likeness (QED) is 0.184. The maximum atomic E-state index is 6.51. The molecule has 5 nitrogen and oxygen atoms in total. The number of aromatic nitrogens is 3. The number of furan rings is 2. The number of para-hydroxylation sites is 1. The first kappa shape index (κ1) is 29.2. The van der Waals surface area contributed by atoms with Crippen LogP contribution in [0.25, 0.3) is 122 Å². The van der Waals surface area contributed by atoms with Crippen LogP contribution in [-0.2, 0) is 0 Å². The summed E-state index contributed by atoms with van der Waals surface area (Å²) in [6, 6.07) is 56.8. The summed E-state index contributed by atoms with van der Waals surface area (Å²) in [4.78, 5) is 15.3. The summed E-state index contributed by atoms with van der Waals surface area (Å²) < 4.78 is 12.8. The molecule has 0 aliphatic heterocycles. The fourth-order valence-corrected chi connectivity index (χ4v) is 8.45. The van der Waals surface area contributed by atoms with Crippen molar-refractivity contribution in [2.45, 2.75) is 0 Å². The van der Waals surface area contributed by atoms with Crippen molar-refractivity contribution >= 4 is 54.6 Å². The second-order valence-electron chi connectivity index (χ2n) is 13.9. The number of fused-ring (bicyclic) bond motifs is 9. The lowest BCUT2D eigenvalue weighted by Gasteiger charge is -2.11. The largest absolute Gasteiger partial charge is 0.456 e. The number of hydrogen-bond acceptors (Lipinski definition) is 5. The van der Waals surface area contributed by atoms with Gasteiger partial charge in [-0.15, -0.1) is 0 Å². The lowest BCUT2D eigenvalue weighted by Crippen LogP contribution is -2.00. The van der Waals surface area contributed by atoms with Gasteiger partial charge in [-0.25, -0.2) is 15.0 Å². The van der Waals surface area contributed by atoms with E-state index in [9.17, 15) is 0 Å². The molecule has 0 bridgehead atoms. The third kappa shape index (κ3) is 4.24. The van der Waals surface area contributed by atoms with E-state index in [4.69, 9.17) is 23.8 Å². The molecular formula is C49H27N3O2. The Morgan fingerprint density at radius 3 is 1.76 bits per heavy atom. The summed E-state index contributed by atoms with van der Waals surface area (Å²) in [6.45, 7) is 0. The molecule has 1 aliphatic carbocycles. The molecule has 250 valence electrons. The molecule has 1 aliphatic rings. The van der Waals surface area contributed by atoms with Crippen LogP contribution in [-0.4, -0.2) is 15.0 Å².